The average Bonchev–Trinajstić information content (AvgIpc) is 3.06. The molecule has 1 aliphatic carbocycles. The van der Waals surface area contributed by atoms with Crippen molar-refractivity contribution in [2.45, 2.75) is 18.8 Å². The van der Waals surface area contributed by atoms with Gasteiger partial charge < -0.3 is 9.05 Å². The molecule has 1 aromatic carbocycles. The minimum Gasteiger partial charge on any atom is -0.339 e. The maximum absolute atomic E-state index is 5.40. The molecular formula is C17H14N6O2. The lowest BCUT2D eigenvalue weighted by molar-refractivity contribution is 0.380. The van der Waals surface area contributed by atoms with Crippen molar-refractivity contribution >= 4 is 0 Å². The van der Waals surface area contributed by atoms with Gasteiger partial charge in [-0.05, 0) is 25.0 Å². The summed E-state index contributed by atoms with van der Waals surface area (Å²) < 4.78 is 12.4. The largest absolute Gasteiger partial charge is 0.339 e. The van der Waals surface area contributed by atoms with E-state index in [2.05, 4.69) is 25.4 Å². The fourth-order valence-corrected chi connectivity index (χ4v) is 2.63. The van der Waals surface area contributed by atoms with Gasteiger partial charge in [0.05, 0.1) is 11.8 Å². The van der Waals surface area contributed by atoms with E-state index in [0.717, 1.165) is 35.4 Å². The van der Waals surface area contributed by atoms with E-state index in [1.165, 1.54) is 0 Å². The molecule has 1 aliphatic rings. The van der Waals surface area contributed by atoms with Crippen LogP contribution in [0.3, 0.4) is 0 Å². The van der Waals surface area contributed by atoms with Gasteiger partial charge in [0.2, 0.25) is 17.5 Å². The molecule has 0 unspecified atom stereocenters. The minimum atomic E-state index is 0.433. The summed E-state index contributed by atoms with van der Waals surface area (Å²) in [6, 6.07) is 7.67. The van der Waals surface area contributed by atoms with Crippen LogP contribution in [-0.4, -0.2) is 30.1 Å². The van der Waals surface area contributed by atoms with Gasteiger partial charge in [-0.3, -0.25) is 4.68 Å². The van der Waals surface area contributed by atoms with Gasteiger partial charge in [0.25, 0.3) is 5.89 Å². The highest BCUT2D eigenvalue weighted by Gasteiger charge is 2.29. The SMILES string of the molecule is Cn1cc(-c2noc(-c3cccc(-c4noc(C5CC5)n4)c3)n2)cn1. The third kappa shape index (κ3) is 2.61. The van der Waals surface area contributed by atoms with Crippen LogP contribution in [0.15, 0.2) is 45.7 Å². The van der Waals surface area contributed by atoms with Crippen molar-refractivity contribution in [1.29, 1.82) is 0 Å². The summed E-state index contributed by atoms with van der Waals surface area (Å²) in [5, 5.41) is 12.2. The molecule has 25 heavy (non-hydrogen) atoms. The van der Waals surface area contributed by atoms with E-state index in [4.69, 9.17) is 9.05 Å². The molecule has 1 fully saturated rings. The zero-order valence-corrected chi connectivity index (χ0v) is 13.5. The molecule has 124 valence electrons. The molecule has 0 atom stereocenters. The quantitative estimate of drug-likeness (QED) is 0.566. The highest BCUT2D eigenvalue weighted by atomic mass is 16.5. The van der Waals surface area contributed by atoms with Gasteiger partial charge in [-0.2, -0.15) is 15.1 Å². The topological polar surface area (TPSA) is 95.7 Å². The minimum absolute atomic E-state index is 0.433. The van der Waals surface area contributed by atoms with Gasteiger partial charge >= 0.3 is 0 Å². The summed E-state index contributed by atoms with van der Waals surface area (Å²) in [4.78, 5) is 8.92. The average molecular weight is 334 g/mol. The van der Waals surface area contributed by atoms with Crippen molar-refractivity contribution in [1.82, 2.24) is 30.1 Å². The standard InChI is InChI=1S/C17H14N6O2/c1-23-9-13(8-18-23)15-20-17(25-22-15)12-4-2-3-11(7-12)14-19-16(24-21-14)10-5-6-10/h2-4,7-10H,5-6H2,1H3. The zero-order valence-electron chi connectivity index (χ0n) is 13.5. The van der Waals surface area contributed by atoms with E-state index in [-0.39, 0.29) is 0 Å². The molecule has 0 spiro atoms. The molecule has 3 heterocycles. The molecular weight excluding hydrogens is 320 g/mol. The maximum atomic E-state index is 5.40. The Morgan fingerprint density at radius 2 is 1.80 bits per heavy atom. The summed E-state index contributed by atoms with van der Waals surface area (Å²) in [5.41, 5.74) is 2.47. The predicted molar refractivity (Wildman–Crippen MR) is 87.2 cm³/mol. The normalized spacial score (nSPS) is 14.1. The molecule has 0 amide bonds. The molecule has 0 radical (unpaired) electrons. The Balaban J connectivity index is 1.47. The van der Waals surface area contributed by atoms with Crippen LogP contribution in [0.2, 0.25) is 0 Å². The van der Waals surface area contributed by atoms with Crippen molar-refractivity contribution < 1.29 is 9.05 Å². The molecule has 4 aromatic rings. The van der Waals surface area contributed by atoms with Gasteiger partial charge in [-0.25, -0.2) is 0 Å². The Labute approximate surface area is 142 Å². The van der Waals surface area contributed by atoms with Crippen LogP contribution in [0, 0.1) is 0 Å². The van der Waals surface area contributed by atoms with Crippen molar-refractivity contribution in [3.63, 3.8) is 0 Å². The lowest BCUT2D eigenvalue weighted by Gasteiger charge is -1.97. The third-order valence-electron chi connectivity index (χ3n) is 4.13. The molecule has 0 aliphatic heterocycles. The van der Waals surface area contributed by atoms with E-state index in [9.17, 15) is 0 Å². The smallest absolute Gasteiger partial charge is 0.258 e. The second-order valence-corrected chi connectivity index (χ2v) is 6.14. The first-order valence-corrected chi connectivity index (χ1v) is 8.03. The van der Waals surface area contributed by atoms with Gasteiger partial charge in [-0.1, -0.05) is 22.4 Å². The second-order valence-electron chi connectivity index (χ2n) is 6.14. The van der Waals surface area contributed by atoms with Crippen molar-refractivity contribution in [2.24, 2.45) is 7.05 Å². The first-order chi connectivity index (χ1) is 12.3. The van der Waals surface area contributed by atoms with E-state index in [1.54, 1.807) is 10.9 Å². The Hall–Kier alpha value is -3.29. The number of aromatic nitrogens is 6. The van der Waals surface area contributed by atoms with Crippen LogP contribution in [-0.2, 0) is 7.05 Å². The molecule has 5 rings (SSSR count). The van der Waals surface area contributed by atoms with Crippen LogP contribution in [0.1, 0.15) is 24.7 Å². The molecule has 1 saturated carbocycles. The van der Waals surface area contributed by atoms with Crippen LogP contribution < -0.4 is 0 Å². The summed E-state index contributed by atoms with van der Waals surface area (Å²) in [7, 11) is 1.84. The molecule has 3 aromatic heterocycles. The number of nitrogens with zero attached hydrogens (tertiary/aromatic N) is 6. The summed E-state index contributed by atoms with van der Waals surface area (Å²) >= 11 is 0. The monoisotopic (exact) mass is 334 g/mol. The third-order valence-corrected chi connectivity index (χ3v) is 4.13. The first kappa shape index (κ1) is 14.1. The Kier molecular flexibility index (Phi) is 3.03. The fraction of sp³-hybridized carbons (Fsp3) is 0.235. The summed E-state index contributed by atoms with van der Waals surface area (Å²) in [6.45, 7) is 0. The Morgan fingerprint density at radius 3 is 2.60 bits per heavy atom. The van der Waals surface area contributed by atoms with E-state index in [0.29, 0.717) is 23.5 Å². The highest BCUT2D eigenvalue weighted by Crippen LogP contribution is 2.39. The van der Waals surface area contributed by atoms with Crippen molar-refractivity contribution in [3.05, 3.63) is 42.5 Å². The van der Waals surface area contributed by atoms with E-state index < -0.39 is 0 Å². The first-order valence-electron chi connectivity index (χ1n) is 8.03. The van der Waals surface area contributed by atoms with Gasteiger partial charge in [0, 0.05) is 30.3 Å². The Morgan fingerprint density at radius 1 is 1.00 bits per heavy atom. The number of rotatable bonds is 4. The lowest BCUT2D eigenvalue weighted by Crippen LogP contribution is -1.85. The van der Waals surface area contributed by atoms with Gasteiger partial charge in [-0.15, -0.1) is 0 Å². The lowest BCUT2D eigenvalue weighted by atomic mass is 10.1. The number of benzene rings is 1. The summed E-state index contributed by atoms with van der Waals surface area (Å²) in [6.07, 6.45) is 5.79. The van der Waals surface area contributed by atoms with Crippen LogP contribution in [0.4, 0.5) is 0 Å². The van der Waals surface area contributed by atoms with Crippen LogP contribution in [0.25, 0.3) is 34.2 Å². The van der Waals surface area contributed by atoms with Gasteiger partial charge in [0.1, 0.15) is 0 Å². The van der Waals surface area contributed by atoms with Crippen LogP contribution in [0.5, 0.6) is 0 Å². The molecule has 8 heteroatoms. The molecule has 0 N–H and O–H groups in total. The van der Waals surface area contributed by atoms with Crippen LogP contribution >= 0.6 is 0 Å². The zero-order chi connectivity index (χ0) is 16.8. The molecule has 0 bridgehead atoms. The fourth-order valence-electron chi connectivity index (χ4n) is 2.63. The molecule has 0 saturated heterocycles. The predicted octanol–water partition coefficient (Wildman–Crippen LogP) is 3.06. The van der Waals surface area contributed by atoms with E-state index in [1.807, 2.05) is 37.5 Å². The van der Waals surface area contributed by atoms with Gasteiger partial charge in [0.15, 0.2) is 0 Å². The number of hydrogen-bond acceptors (Lipinski definition) is 7. The second kappa shape index (κ2) is 5.37. The molecule has 8 nitrogen and oxygen atoms in total. The highest BCUT2D eigenvalue weighted by molar-refractivity contribution is 5.66. The summed E-state index contributed by atoms with van der Waals surface area (Å²) in [5.74, 6) is 2.67. The van der Waals surface area contributed by atoms with Crippen molar-refractivity contribution in [3.8, 4) is 34.2 Å². The maximum Gasteiger partial charge on any atom is 0.258 e. The van der Waals surface area contributed by atoms with E-state index >= 15 is 0 Å². The van der Waals surface area contributed by atoms with Crippen molar-refractivity contribution in [2.75, 3.05) is 0 Å². The number of hydrogen-bond donors (Lipinski definition) is 0. The Bertz CT molecular complexity index is 1040. The number of aryl methyl sites for hydroxylation is 1.